The Hall–Kier alpha value is -2.83. The van der Waals surface area contributed by atoms with E-state index in [1.54, 1.807) is 36.4 Å². The maximum Gasteiger partial charge on any atom is 0.236 e. The normalized spacial score (nSPS) is 13.6. The van der Waals surface area contributed by atoms with Gasteiger partial charge in [-0.2, -0.15) is 0 Å². The minimum Gasteiger partial charge on any atom is -0.457 e. The van der Waals surface area contributed by atoms with E-state index >= 15 is 0 Å². The molecule has 4 rings (SSSR count). The van der Waals surface area contributed by atoms with Crippen molar-refractivity contribution in [1.29, 1.82) is 0 Å². The van der Waals surface area contributed by atoms with Crippen LogP contribution in [-0.4, -0.2) is 15.0 Å². The molecule has 1 heterocycles. The average Bonchev–Trinajstić information content (AvgIpc) is 2.70. The van der Waals surface area contributed by atoms with Gasteiger partial charge >= 0.3 is 0 Å². The first kappa shape index (κ1) is 18.5. The van der Waals surface area contributed by atoms with Crippen molar-refractivity contribution in [2.45, 2.75) is 18.7 Å². The molecule has 1 aliphatic rings. The lowest BCUT2D eigenvalue weighted by Crippen LogP contribution is -2.23. The van der Waals surface area contributed by atoms with E-state index < -0.39 is 10.0 Å². The smallest absolute Gasteiger partial charge is 0.236 e. The molecule has 6 heteroatoms. The summed E-state index contributed by atoms with van der Waals surface area (Å²) in [5.74, 6) is 1.48. The van der Waals surface area contributed by atoms with E-state index in [0.29, 0.717) is 11.4 Å². The molecule has 0 saturated heterocycles. The van der Waals surface area contributed by atoms with Gasteiger partial charge in [0.1, 0.15) is 11.5 Å². The molecule has 144 valence electrons. The van der Waals surface area contributed by atoms with Crippen molar-refractivity contribution in [3.63, 3.8) is 0 Å². The lowest BCUT2D eigenvalue weighted by atomic mass is 10.0. The van der Waals surface area contributed by atoms with Crippen molar-refractivity contribution >= 4 is 15.7 Å². The van der Waals surface area contributed by atoms with Crippen LogP contribution in [0.5, 0.6) is 11.5 Å². The zero-order chi connectivity index (χ0) is 19.4. The fourth-order valence-electron chi connectivity index (χ4n) is 3.32. The third kappa shape index (κ3) is 4.52. The summed E-state index contributed by atoms with van der Waals surface area (Å²) in [6, 6.07) is 22.2. The van der Waals surface area contributed by atoms with Crippen LogP contribution in [0.15, 0.2) is 72.8 Å². The molecule has 0 aliphatic carbocycles. The van der Waals surface area contributed by atoms with Crippen molar-refractivity contribution in [1.82, 2.24) is 5.32 Å². The number of fused-ring (bicyclic) bond motifs is 1. The maximum absolute atomic E-state index is 12.4. The molecule has 0 spiro atoms. The molecule has 3 aromatic carbocycles. The van der Waals surface area contributed by atoms with Gasteiger partial charge in [-0.05, 0) is 54.4 Å². The van der Waals surface area contributed by atoms with Gasteiger partial charge in [-0.25, -0.2) is 8.42 Å². The molecule has 5 nitrogen and oxygen atoms in total. The molecule has 0 atom stereocenters. The molecule has 0 amide bonds. The van der Waals surface area contributed by atoms with Gasteiger partial charge in [-0.3, -0.25) is 4.72 Å². The summed E-state index contributed by atoms with van der Waals surface area (Å²) in [5, 5.41) is 3.36. The predicted octanol–water partition coefficient (Wildman–Crippen LogP) is 4.07. The lowest BCUT2D eigenvalue weighted by molar-refractivity contribution is 0.469. The highest BCUT2D eigenvalue weighted by Gasteiger charge is 2.15. The number of sulfonamides is 1. The number of hydrogen-bond acceptors (Lipinski definition) is 4. The van der Waals surface area contributed by atoms with Crippen molar-refractivity contribution in [2.24, 2.45) is 0 Å². The van der Waals surface area contributed by atoms with Gasteiger partial charge in [0, 0.05) is 17.8 Å². The van der Waals surface area contributed by atoms with Gasteiger partial charge < -0.3 is 10.1 Å². The van der Waals surface area contributed by atoms with Gasteiger partial charge in [0.05, 0.1) is 5.75 Å². The summed E-state index contributed by atoms with van der Waals surface area (Å²) < 4.78 is 33.4. The van der Waals surface area contributed by atoms with Crippen molar-refractivity contribution in [3.8, 4) is 11.5 Å². The number of ether oxygens (including phenoxy) is 1. The van der Waals surface area contributed by atoms with Gasteiger partial charge in [-0.1, -0.05) is 42.5 Å². The van der Waals surface area contributed by atoms with E-state index in [-0.39, 0.29) is 5.75 Å². The Labute approximate surface area is 165 Å². The van der Waals surface area contributed by atoms with Crippen LogP contribution >= 0.6 is 0 Å². The number of rotatable bonds is 6. The second-order valence-corrected chi connectivity index (χ2v) is 8.52. The van der Waals surface area contributed by atoms with Crippen LogP contribution in [0.25, 0.3) is 0 Å². The van der Waals surface area contributed by atoms with E-state index in [1.165, 1.54) is 11.1 Å². The first-order valence-corrected chi connectivity index (χ1v) is 10.9. The molecule has 2 N–H and O–H groups in total. The highest BCUT2D eigenvalue weighted by Crippen LogP contribution is 2.30. The summed E-state index contributed by atoms with van der Waals surface area (Å²) in [6.45, 7) is 1.80. The molecule has 0 radical (unpaired) electrons. The number of hydrogen-bond donors (Lipinski definition) is 2. The summed E-state index contributed by atoms with van der Waals surface area (Å²) in [4.78, 5) is 0. The fraction of sp³-hybridized carbons (Fsp3) is 0.182. The van der Waals surface area contributed by atoms with Crippen molar-refractivity contribution < 1.29 is 13.2 Å². The first-order valence-electron chi connectivity index (χ1n) is 9.23. The standard InChI is InChI=1S/C22H22N2O3S/c25-28(26,16-17-5-2-1-3-6-17)24-19-9-11-20(12-10-19)27-22-8-4-7-18-15-23-14-13-21(18)22/h1-12,23-24H,13-16H2. The summed E-state index contributed by atoms with van der Waals surface area (Å²) in [5.41, 5.74) is 3.75. The summed E-state index contributed by atoms with van der Waals surface area (Å²) >= 11 is 0. The Morgan fingerprint density at radius 1 is 0.929 bits per heavy atom. The van der Waals surface area contributed by atoms with Crippen molar-refractivity contribution in [3.05, 3.63) is 89.5 Å². The molecule has 3 aromatic rings. The molecule has 0 bridgehead atoms. The van der Waals surface area contributed by atoms with E-state index in [9.17, 15) is 8.42 Å². The third-order valence-electron chi connectivity index (χ3n) is 4.65. The van der Waals surface area contributed by atoms with Gasteiger partial charge in [0.2, 0.25) is 10.0 Å². The summed E-state index contributed by atoms with van der Waals surface area (Å²) in [6.07, 6.45) is 0.933. The third-order valence-corrected chi connectivity index (χ3v) is 5.91. The zero-order valence-corrected chi connectivity index (χ0v) is 16.2. The quantitative estimate of drug-likeness (QED) is 0.661. The van der Waals surface area contributed by atoms with Crippen LogP contribution in [0.4, 0.5) is 5.69 Å². The van der Waals surface area contributed by atoms with Crippen LogP contribution in [-0.2, 0) is 28.7 Å². The van der Waals surface area contributed by atoms with E-state index in [1.807, 2.05) is 30.3 Å². The maximum atomic E-state index is 12.4. The first-order chi connectivity index (χ1) is 13.6. The molecular weight excluding hydrogens is 372 g/mol. The Morgan fingerprint density at radius 3 is 2.50 bits per heavy atom. The molecule has 28 heavy (non-hydrogen) atoms. The van der Waals surface area contributed by atoms with Gasteiger partial charge in [0.25, 0.3) is 0 Å². The van der Waals surface area contributed by atoms with Crippen LogP contribution in [0.2, 0.25) is 0 Å². The molecular formula is C22H22N2O3S. The highest BCUT2D eigenvalue weighted by atomic mass is 32.2. The number of anilines is 1. The zero-order valence-electron chi connectivity index (χ0n) is 15.4. The van der Waals surface area contributed by atoms with Crippen LogP contribution in [0.1, 0.15) is 16.7 Å². The number of benzene rings is 3. The Balaban J connectivity index is 1.44. The summed E-state index contributed by atoms with van der Waals surface area (Å²) in [7, 11) is -3.47. The fourth-order valence-corrected chi connectivity index (χ4v) is 4.52. The second-order valence-electron chi connectivity index (χ2n) is 6.79. The molecule has 0 saturated carbocycles. The van der Waals surface area contributed by atoms with Crippen molar-refractivity contribution in [2.75, 3.05) is 11.3 Å². The van der Waals surface area contributed by atoms with Gasteiger partial charge in [0.15, 0.2) is 0 Å². The molecule has 0 unspecified atom stereocenters. The lowest BCUT2D eigenvalue weighted by Gasteiger charge is -2.20. The molecule has 0 aromatic heterocycles. The SMILES string of the molecule is O=S(=O)(Cc1ccccc1)Nc1ccc(Oc2cccc3c2CCNC3)cc1. The van der Waals surface area contributed by atoms with Crippen LogP contribution in [0, 0.1) is 0 Å². The van der Waals surface area contributed by atoms with E-state index in [0.717, 1.165) is 30.8 Å². The van der Waals surface area contributed by atoms with E-state index in [2.05, 4.69) is 16.1 Å². The Kier molecular flexibility index (Phi) is 5.32. The topological polar surface area (TPSA) is 67.4 Å². The monoisotopic (exact) mass is 394 g/mol. The minimum absolute atomic E-state index is 0.0592. The number of nitrogens with one attached hydrogen (secondary N) is 2. The highest BCUT2D eigenvalue weighted by molar-refractivity contribution is 7.91. The predicted molar refractivity (Wildman–Crippen MR) is 111 cm³/mol. The van der Waals surface area contributed by atoms with Crippen LogP contribution < -0.4 is 14.8 Å². The minimum atomic E-state index is -3.47. The molecule has 0 fully saturated rings. The Morgan fingerprint density at radius 2 is 1.71 bits per heavy atom. The van der Waals surface area contributed by atoms with E-state index in [4.69, 9.17) is 4.74 Å². The molecule has 1 aliphatic heterocycles. The van der Waals surface area contributed by atoms with Gasteiger partial charge in [-0.15, -0.1) is 0 Å². The Bertz CT molecular complexity index is 1050. The average molecular weight is 394 g/mol. The van der Waals surface area contributed by atoms with Crippen LogP contribution in [0.3, 0.4) is 0 Å². The largest absolute Gasteiger partial charge is 0.457 e. The second kappa shape index (κ2) is 8.04.